The molecule has 0 saturated heterocycles. The van der Waals surface area contributed by atoms with Gasteiger partial charge < -0.3 is 10.1 Å². The van der Waals surface area contributed by atoms with E-state index in [4.69, 9.17) is 4.74 Å². The normalized spacial score (nSPS) is 29.4. The summed E-state index contributed by atoms with van der Waals surface area (Å²) in [6, 6.07) is 13.8. The molecular weight excluding hydrogens is 470 g/mol. The Kier molecular flexibility index (Phi) is 6.03. The van der Waals surface area contributed by atoms with Crippen LogP contribution in [0.4, 0.5) is 21.9 Å². The van der Waals surface area contributed by atoms with Crippen LogP contribution in [0.2, 0.25) is 0 Å². The van der Waals surface area contributed by atoms with Crippen molar-refractivity contribution in [1.29, 1.82) is 0 Å². The van der Waals surface area contributed by atoms with Crippen molar-refractivity contribution >= 4 is 40.8 Å². The van der Waals surface area contributed by atoms with Crippen LogP contribution in [0.25, 0.3) is 0 Å². The summed E-state index contributed by atoms with van der Waals surface area (Å²) in [5.41, 5.74) is 3.20. The summed E-state index contributed by atoms with van der Waals surface area (Å²) in [5, 5.41) is 5.32. The molecule has 7 rings (SSSR count). The van der Waals surface area contributed by atoms with Crippen molar-refractivity contribution in [3.05, 3.63) is 42.5 Å². The number of nitrogens with zero attached hydrogens (tertiary/aromatic N) is 1. The molecular formula is C29H36N3O3S+. The Morgan fingerprint density at radius 2 is 1.83 bits per heavy atom. The van der Waals surface area contributed by atoms with Crippen molar-refractivity contribution in [2.24, 2.45) is 17.3 Å². The molecule has 7 heteroatoms. The van der Waals surface area contributed by atoms with Crippen LogP contribution in [0.5, 0.6) is 0 Å². The van der Waals surface area contributed by atoms with Crippen LogP contribution in [0.3, 0.4) is 0 Å². The molecule has 3 N–H and O–H groups in total. The van der Waals surface area contributed by atoms with Gasteiger partial charge in [-0.15, -0.1) is 0 Å². The number of nitrogens with two attached hydrogens (primary N) is 1. The molecule has 4 fully saturated rings. The number of para-hydroxylation sites is 1. The molecule has 4 bridgehead atoms. The number of amides is 2. The van der Waals surface area contributed by atoms with Crippen LogP contribution in [0.15, 0.2) is 52.3 Å². The zero-order valence-electron chi connectivity index (χ0n) is 21.2. The van der Waals surface area contributed by atoms with Gasteiger partial charge >= 0.3 is 6.09 Å². The lowest BCUT2D eigenvalue weighted by Gasteiger charge is -2.59. The fourth-order valence-electron chi connectivity index (χ4n) is 8.04. The highest BCUT2D eigenvalue weighted by atomic mass is 32.2. The minimum absolute atomic E-state index is 0.101. The zero-order chi connectivity index (χ0) is 24.9. The van der Waals surface area contributed by atoms with Crippen LogP contribution in [0, 0.1) is 17.3 Å². The predicted octanol–water partition coefficient (Wildman–Crippen LogP) is 5.70. The number of quaternary nitrogens is 1. The van der Waals surface area contributed by atoms with Gasteiger partial charge in [-0.1, -0.05) is 30.8 Å². The number of hydrogen-bond acceptors (Lipinski definition) is 4. The molecule has 2 unspecified atom stereocenters. The van der Waals surface area contributed by atoms with Gasteiger partial charge in [-0.2, -0.15) is 0 Å². The molecule has 2 amide bonds. The lowest BCUT2D eigenvalue weighted by molar-refractivity contribution is -0.739. The van der Waals surface area contributed by atoms with Crippen molar-refractivity contribution < 1.29 is 19.6 Å². The number of benzene rings is 2. The standard InChI is InChI=1S/C29H35N3O3S/c1-3-35-27(34)31-21-8-9-25-23(13-21)32(22-6-4-5-7-24(22)36-25)26(33)10-11-30-29-16-19-12-20(17-29)15-28(2,14-19)18-29/h4-9,13,19-20,30H,3,10-12,14-18H2,1-2H3,(H,31,34)/p+1. The first-order chi connectivity index (χ1) is 17.4. The van der Waals surface area contributed by atoms with Crippen molar-refractivity contribution in [2.45, 2.75) is 74.1 Å². The molecule has 0 radical (unpaired) electrons. The Labute approximate surface area is 217 Å². The van der Waals surface area contributed by atoms with E-state index in [9.17, 15) is 9.59 Å². The molecule has 1 aliphatic heterocycles. The fourth-order valence-corrected chi connectivity index (χ4v) is 9.08. The number of carbonyl (C=O) groups excluding carboxylic acids is 2. The molecule has 4 saturated carbocycles. The number of fused-ring (bicyclic) bond motifs is 2. The van der Waals surface area contributed by atoms with Gasteiger partial charge in [-0.3, -0.25) is 15.0 Å². The van der Waals surface area contributed by atoms with E-state index in [1.165, 1.54) is 38.5 Å². The Morgan fingerprint density at radius 1 is 1.08 bits per heavy atom. The minimum Gasteiger partial charge on any atom is -0.450 e. The molecule has 6 nitrogen and oxygen atoms in total. The number of hydrogen-bond donors (Lipinski definition) is 2. The Bertz CT molecular complexity index is 1180. The molecule has 2 atom stereocenters. The highest BCUT2D eigenvalue weighted by molar-refractivity contribution is 7.99. The summed E-state index contributed by atoms with van der Waals surface area (Å²) >= 11 is 1.66. The Balaban J connectivity index is 1.21. The summed E-state index contributed by atoms with van der Waals surface area (Å²) in [5.74, 6) is 1.86. The van der Waals surface area contributed by atoms with Gasteiger partial charge in [0.25, 0.3) is 0 Å². The fraction of sp³-hybridized carbons (Fsp3) is 0.517. The van der Waals surface area contributed by atoms with E-state index in [0.29, 0.717) is 29.7 Å². The van der Waals surface area contributed by atoms with Gasteiger partial charge in [0.15, 0.2) is 0 Å². The van der Waals surface area contributed by atoms with Gasteiger partial charge in [-0.25, -0.2) is 4.79 Å². The maximum Gasteiger partial charge on any atom is 0.411 e. The van der Waals surface area contributed by atoms with E-state index in [1.54, 1.807) is 18.7 Å². The number of nitrogens with one attached hydrogen (secondary N) is 1. The monoisotopic (exact) mass is 506 g/mol. The highest BCUT2D eigenvalue weighted by Crippen LogP contribution is 2.60. The molecule has 5 aliphatic rings. The second-order valence-corrected chi connectivity index (χ2v) is 12.8. The quantitative estimate of drug-likeness (QED) is 0.527. The van der Waals surface area contributed by atoms with Crippen molar-refractivity contribution in [2.75, 3.05) is 23.4 Å². The number of anilines is 3. The van der Waals surface area contributed by atoms with E-state index < -0.39 is 6.09 Å². The zero-order valence-corrected chi connectivity index (χ0v) is 22.0. The van der Waals surface area contributed by atoms with Crippen LogP contribution < -0.4 is 15.5 Å². The number of rotatable bonds is 6. The summed E-state index contributed by atoms with van der Waals surface area (Å²) in [6.45, 7) is 5.40. The van der Waals surface area contributed by atoms with Gasteiger partial charge in [0.2, 0.25) is 5.91 Å². The lowest BCUT2D eigenvalue weighted by Crippen LogP contribution is -2.99. The second kappa shape index (κ2) is 9.10. The second-order valence-electron chi connectivity index (χ2n) is 11.7. The topological polar surface area (TPSA) is 75.2 Å². The highest BCUT2D eigenvalue weighted by Gasteiger charge is 2.57. The third kappa shape index (κ3) is 4.41. The van der Waals surface area contributed by atoms with Gasteiger partial charge in [-0.05, 0) is 73.8 Å². The first-order valence-electron chi connectivity index (χ1n) is 13.4. The summed E-state index contributed by atoms with van der Waals surface area (Å²) in [4.78, 5) is 29.7. The smallest absolute Gasteiger partial charge is 0.411 e. The lowest BCUT2D eigenvalue weighted by atomic mass is 9.47. The molecule has 2 aromatic rings. The molecule has 4 aliphatic carbocycles. The van der Waals surface area contributed by atoms with Crippen molar-refractivity contribution in [3.8, 4) is 0 Å². The van der Waals surface area contributed by atoms with Crippen molar-refractivity contribution in [1.82, 2.24) is 0 Å². The number of ether oxygens (including phenoxy) is 1. The van der Waals surface area contributed by atoms with E-state index in [-0.39, 0.29) is 5.91 Å². The van der Waals surface area contributed by atoms with Gasteiger partial charge in [0.1, 0.15) is 0 Å². The maximum atomic E-state index is 13.8. The Morgan fingerprint density at radius 3 is 2.58 bits per heavy atom. The van der Waals surface area contributed by atoms with E-state index >= 15 is 0 Å². The average Bonchev–Trinajstić information content (AvgIpc) is 2.81. The largest absolute Gasteiger partial charge is 0.450 e. The summed E-state index contributed by atoms with van der Waals surface area (Å²) in [6.07, 6.45) is 8.17. The number of carbonyl (C=O) groups is 2. The maximum absolute atomic E-state index is 13.8. The molecule has 36 heavy (non-hydrogen) atoms. The van der Waals surface area contributed by atoms with Crippen LogP contribution in [-0.2, 0) is 9.53 Å². The minimum atomic E-state index is -0.488. The average molecular weight is 507 g/mol. The molecule has 2 aromatic carbocycles. The summed E-state index contributed by atoms with van der Waals surface area (Å²) < 4.78 is 5.04. The van der Waals surface area contributed by atoms with Gasteiger partial charge in [0, 0.05) is 34.7 Å². The molecule has 0 aromatic heterocycles. The third-order valence-corrected chi connectivity index (χ3v) is 9.76. The predicted molar refractivity (Wildman–Crippen MR) is 142 cm³/mol. The van der Waals surface area contributed by atoms with Crippen LogP contribution >= 0.6 is 11.8 Å². The first kappa shape index (κ1) is 23.9. The van der Waals surface area contributed by atoms with E-state index in [2.05, 4.69) is 23.6 Å². The summed E-state index contributed by atoms with van der Waals surface area (Å²) in [7, 11) is 0. The van der Waals surface area contributed by atoms with E-state index in [0.717, 1.165) is 39.5 Å². The molecule has 0 spiro atoms. The molecule has 190 valence electrons. The van der Waals surface area contributed by atoms with E-state index in [1.807, 2.05) is 41.3 Å². The third-order valence-electron chi connectivity index (χ3n) is 8.63. The molecule has 1 heterocycles. The van der Waals surface area contributed by atoms with Gasteiger partial charge in [0.05, 0.1) is 36.5 Å². The van der Waals surface area contributed by atoms with Crippen molar-refractivity contribution in [3.63, 3.8) is 0 Å². The Hall–Kier alpha value is -2.51. The SMILES string of the molecule is CCOC(=O)Nc1ccc2c(c1)N(C(=O)CC[NH2+]C13CC4CC(CC(C)(C4)C1)C3)c1ccccc1S2. The first-order valence-corrected chi connectivity index (χ1v) is 14.2. The van der Waals surface area contributed by atoms with Crippen LogP contribution in [0.1, 0.15) is 58.8 Å². The van der Waals surface area contributed by atoms with Crippen LogP contribution in [-0.4, -0.2) is 30.7 Å².